The minimum absolute atomic E-state index is 0. The van der Waals surface area contributed by atoms with Crippen molar-refractivity contribution < 1.29 is 9.53 Å². The first-order valence-electron chi connectivity index (χ1n) is 6.86. The summed E-state index contributed by atoms with van der Waals surface area (Å²) in [6, 6.07) is 0.237. The van der Waals surface area contributed by atoms with E-state index >= 15 is 0 Å². The molecule has 1 aliphatic heterocycles. The van der Waals surface area contributed by atoms with Crippen molar-refractivity contribution in [3.63, 3.8) is 0 Å². The summed E-state index contributed by atoms with van der Waals surface area (Å²) < 4.78 is 5.32. The molecule has 2 rings (SSSR count). The molecule has 1 heterocycles. The van der Waals surface area contributed by atoms with Gasteiger partial charge in [-0.25, -0.2) is 0 Å². The van der Waals surface area contributed by atoms with Crippen LogP contribution in [0.5, 0.6) is 0 Å². The van der Waals surface area contributed by atoms with Crippen LogP contribution in [-0.4, -0.2) is 31.7 Å². The quantitative estimate of drug-likeness (QED) is 0.817. The molecule has 4 nitrogen and oxygen atoms in total. The van der Waals surface area contributed by atoms with Crippen LogP contribution in [0.1, 0.15) is 38.5 Å². The third kappa shape index (κ3) is 4.75. The van der Waals surface area contributed by atoms with E-state index in [1.54, 1.807) is 0 Å². The molecule has 2 fully saturated rings. The van der Waals surface area contributed by atoms with Crippen molar-refractivity contribution in [3.05, 3.63) is 0 Å². The van der Waals surface area contributed by atoms with Gasteiger partial charge in [0, 0.05) is 31.7 Å². The van der Waals surface area contributed by atoms with Crippen LogP contribution in [0.15, 0.2) is 0 Å². The molecule has 1 saturated carbocycles. The van der Waals surface area contributed by atoms with Gasteiger partial charge in [-0.2, -0.15) is 0 Å². The lowest BCUT2D eigenvalue weighted by Gasteiger charge is -2.22. The Balaban J connectivity index is 0.00000162. The van der Waals surface area contributed by atoms with Crippen LogP contribution in [0.25, 0.3) is 0 Å². The molecule has 0 aromatic rings. The molecule has 2 aliphatic rings. The van der Waals surface area contributed by atoms with Crippen LogP contribution < -0.4 is 11.1 Å². The molecule has 3 N–H and O–H groups in total. The average molecular weight is 277 g/mol. The summed E-state index contributed by atoms with van der Waals surface area (Å²) in [4.78, 5) is 11.8. The molecule has 2 atom stereocenters. The smallest absolute Gasteiger partial charge is 0.223 e. The Labute approximate surface area is 115 Å². The predicted molar refractivity (Wildman–Crippen MR) is 73.7 cm³/mol. The molecular formula is C13H25ClN2O2. The van der Waals surface area contributed by atoms with E-state index in [9.17, 15) is 4.79 Å². The third-order valence-electron chi connectivity index (χ3n) is 4.04. The number of ether oxygens (including phenoxy) is 1. The minimum atomic E-state index is 0. The second kappa shape index (κ2) is 7.97. The zero-order valence-corrected chi connectivity index (χ0v) is 11.7. The summed E-state index contributed by atoms with van der Waals surface area (Å²) >= 11 is 0. The highest BCUT2D eigenvalue weighted by Crippen LogP contribution is 2.24. The van der Waals surface area contributed by atoms with E-state index < -0.39 is 0 Å². The molecule has 0 aromatic carbocycles. The average Bonchev–Trinajstić information content (AvgIpc) is 2.77. The maximum absolute atomic E-state index is 11.8. The highest BCUT2D eigenvalue weighted by molar-refractivity contribution is 5.85. The summed E-state index contributed by atoms with van der Waals surface area (Å²) in [5.41, 5.74) is 5.81. The molecule has 2 unspecified atom stereocenters. The van der Waals surface area contributed by atoms with Gasteiger partial charge in [0.25, 0.3) is 0 Å². The van der Waals surface area contributed by atoms with Gasteiger partial charge in [-0.3, -0.25) is 4.79 Å². The Morgan fingerprint density at radius 3 is 2.56 bits per heavy atom. The van der Waals surface area contributed by atoms with E-state index in [0.717, 1.165) is 64.2 Å². The van der Waals surface area contributed by atoms with Crippen LogP contribution in [0.4, 0.5) is 0 Å². The normalized spacial score (nSPS) is 28.7. The maximum Gasteiger partial charge on any atom is 0.223 e. The van der Waals surface area contributed by atoms with Gasteiger partial charge >= 0.3 is 0 Å². The molecule has 106 valence electrons. The fraction of sp³-hybridized carbons (Fsp3) is 0.923. The Bertz CT molecular complexity index is 257. The molecular weight excluding hydrogens is 252 g/mol. The summed E-state index contributed by atoms with van der Waals surface area (Å²) in [5, 5.41) is 3.06. The van der Waals surface area contributed by atoms with Gasteiger partial charge in [0.05, 0.1) is 0 Å². The molecule has 18 heavy (non-hydrogen) atoms. The summed E-state index contributed by atoms with van der Waals surface area (Å²) in [7, 11) is 0. The first kappa shape index (κ1) is 15.7. The predicted octanol–water partition coefficient (Wildman–Crippen LogP) is 1.47. The van der Waals surface area contributed by atoms with Gasteiger partial charge < -0.3 is 15.8 Å². The molecule has 0 aromatic heterocycles. The van der Waals surface area contributed by atoms with Gasteiger partial charge in [-0.1, -0.05) is 0 Å². The fourth-order valence-corrected chi connectivity index (χ4v) is 2.83. The van der Waals surface area contributed by atoms with E-state index in [-0.39, 0.29) is 30.3 Å². The van der Waals surface area contributed by atoms with Crippen LogP contribution in [0.3, 0.4) is 0 Å². The van der Waals surface area contributed by atoms with Crippen LogP contribution in [0, 0.1) is 11.8 Å². The van der Waals surface area contributed by atoms with E-state index in [4.69, 9.17) is 10.5 Å². The molecule has 1 amide bonds. The molecule has 0 bridgehead atoms. The zero-order chi connectivity index (χ0) is 12.1. The first-order chi connectivity index (χ1) is 8.25. The van der Waals surface area contributed by atoms with E-state index in [1.807, 2.05) is 0 Å². The SMILES string of the molecule is Cl.NC1CCC(C(=O)NCCC2CCOCC2)C1. The zero-order valence-electron chi connectivity index (χ0n) is 10.9. The standard InChI is InChI=1S/C13H24N2O2.ClH/c14-12-2-1-11(9-12)13(16)15-6-3-10-4-7-17-8-5-10;/h10-12H,1-9,14H2,(H,15,16);1H. The van der Waals surface area contributed by atoms with Gasteiger partial charge in [-0.05, 0) is 44.4 Å². The lowest BCUT2D eigenvalue weighted by atomic mass is 9.96. The van der Waals surface area contributed by atoms with Crippen molar-refractivity contribution >= 4 is 18.3 Å². The van der Waals surface area contributed by atoms with Crippen molar-refractivity contribution in [2.75, 3.05) is 19.8 Å². The second-order valence-corrected chi connectivity index (χ2v) is 5.41. The van der Waals surface area contributed by atoms with Crippen molar-refractivity contribution in [1.82, 2.24) is 5.32 Å². The number of amides is 1. The van der Waals surface area contributed by atoms with Crippen molar-refractivity contribution in [1.29, 1.82) is 0 Å². The Morgan fingerprint density at radius 1 is 1.22 bits per heavy atom. The molecule has 5 heteroatoms. The Hall–Kier alpha value is -0.320. The monoisotopic (exact) mass is 276 g/mol. The van der Waals surface area contributed by atoms with Crippen LogP contribution >= 0.6 is 12.4 Å². The first-order valence-corrected chi connectivity index (χ1v) is 6.86. The van der Waals surface area contributed by atoms with Gasteiger partial charge in [-0.15, -0.1) is 12.4 Å². The van der Waals surface area contributed by atoms with Crippen LogP contribution in [0.2, 0.25) is 0 Å². The summed E-state index contributed by atoms with van der Waals surface area (Å²) in [6.07, 6.45) is 6.20. The minimum Gasteiger partial charge on any atom is -0.381 e. The number of carbonyl (C=O) groups is 1. The molecule has 0 radical (unpaired) electrons. The number of carbonyl (C=O) groups excluding carboxylic acids is 1. The Morgan fingerprint density at radius 2 is 1.94 bits per heavy atom. The number of hydrogen-bond donors (Lipinski definition) is 2. The fourth-order valence-electron chi connectivity index (χ4n) is 2.83. The van der Waals surface area contributed by atoms with Crippen molar-refractivity contribution in [2.24, 2.45) is 17.6 Å². The van der Waals surface area contributed by atoms with Crippen molar-refractivity contribution in [3.8, 4) is 0 Å². The summed E-state index contributed by atoms with van der Waals surface area (Å²) in [6.45, 7) is 2.58. The molecule has 0 spiro atoms. The number of halogens is 1. The topological polar surface area (TPSA) is 64.4 Å². The number of rotatable bonds is 4. The van der Waals surface area contributed by atoms with E-state index in [0.29, 0.717) is 0 Å². The largest absolute Gasteiger partial charge is 0.381 e. The lowest BCUT2D eigenvalue weighted by Crippen LogP contribution is -2.32. The second-order valence-electron chi connectivity index (χ2n) is 5.41. The number of hydrogen-bond acceptors (Lipinski definition) is 3. The molecule has 1 aliphatic carbocycles. The highest BCUT2D eigenvalue weighted by Gasteiger charge is 2.27. The Kier molecular flexibility index (Phi) is 6.97. The van der Waals surface area contributed by atoms with Gasteiger partial charge in [0.1, 0.15) is 0 Å². The van der Waals surface area contributed by atoms with E-state index in [2.05, 4.69) is 5.32 Å². The lowest BCUT2D eigenvalue weighted by molar-refractivity contribution is -0.124. The van der Waals surface area contributed by atoms with E-state index in [1.165, 1.54) is 0 Å². The van der Waals surface area contributed by atoms with Crippen molar-refractivity contribution in [2.45, 2.75) is 44.6 Å². The maximum atomic E-state index is 11.8. The molecule has 1 saturated heterocycles. The summed E-state index contributed by atoms with van der Waals surface area (Å²) in [5.74, 6) is 1.11. The van der Waals surface area contributed by atoms with Crippen LogP contribution in [-0.2, 0) is 9.53 Å². The van der Waals surface area contributed by atoms with Gasteiger partial charge in [0.2, 0.25) is 5.91 Å². The highest BCUT2D eigenvalue weighted by atomic mass is 35.5. The number of nitrogens with one attached hydrogen (secondary N) is 1. The third-order valence-corrected chi connectivity index (χ3v) is 4.04. The number of nitrogens with two attached hydrogens (primary N) is 1. The van der Waals surface area contributed by atoms with Gasteiger partial charge in [0.15, 0.2) is 0 Å².